The lowest BCUT2D eigenvalue weighted by atomic mass is 10.1. The second kappa shape index (κ2) is 9.99. The van der Waals surface area contributed by atoms with Crippen molar-refractivity contribution in [1.82, 2.24) is 19.6 Å². The first-order chi connectivity index (χ1) is 16.4. The molecule has 10 heteroatoms. The third-order valence-corrected chi connectivity index (χ3v) is 5.37. The smallest absolute Gasteiger partial charge is 0.269 e. The van der Waals surface area contributed by atoms with E-state index in [0.717, 1.165) is 23.4 Å². The maximum Gasteiger partial charge on any atom is 0.269 e. The van der Waals surface area contributed by atoms with Crippen LogP contribution in [0.2, 0.25) is 0 Å². The lowest BCUT2D eigenvalue weighted by Crippen LogP contribution is -2.12. The Kier molecular flexibility index (Phi) is 6.67. The van der Waals surface area contributed by atoms with E-state index < -0.39 is 4.92 Å². The number of carbonyl (C=O) groups is 1. The Morgan fingerprint density at radius 3 is 2.65 bits per heavy atom. The number of aromatic nitrogens is 4. The number of amides is 1. The van der Waals surface area contributed by atoms with E-state index in [1.807, 2.05) is 30.8 Å². The number of nitrogens with one attached hydrogen (secondary N) is 1. The number of aryl methyl sites for hydroxylation is 1. The van der Waals surface area contributed by atoms with Gasteiger partial charge in [-0.1, -0.05) is 12.1 Å². The molecule has 4 rings (SSSR count). The minimum absolute atomic E-state index is 0.000469. The number of anilines is 1. The van der Waals surface area contributed by atoms with E-state index in [0.29, 0.717) is 23.5 Å². The van der Waals surface area contributed by atoms with Crippen molar-refractivity contribution in [2.45, 2.75) is 33.5 Å². The van der Waals surface area contributed by atoms with E-state index in [9.17, 15) is 14.9 Å². The summed E-state index contributed by atoms with van der Waals surface area (Å²) in [5, 5.41) is 22.3. The molecule has 0 atom stereocenters. The number of ether oxygens (including phenoxy) is 1. The number of nitro groups is 1. The molecule has 174 valence electrons. The largest absolute Gasteiger partial charge is 0.489 e. The van der Waals surface area contributed by atoms with Gasteiger partial charge < -0.3 is 10.1 Å². The molecule has 0 saturated heterocycles. The number of benzene rings is 2. The fourth-order valence-electron chi connectivity index (χ4n) is 3.48. The van der Waals surface area contributed by atoms with E-state index in [4.69, 9.17) is 4.74 Å². The van der Waals surface area contributed by atoms with Crippen LogP contribution in [0.3, 0.4) is 0 Å². The quantitative estimate of drug-likeness (QED) is 0.296. The van der Waals surface area contributed by atoms with Gasteiger partial charge in [-0.05, 0) is 43.7 Å². The number of carbonyl (C=O) groups excluding carboxylic acids is 1. The van der Waals surface area contributed by atoms with Gasteiger partial charge in [-0.15, -0.1) is 0 Å². The van der Waals surface area contributed by atoms with E-state index in [2.05, 4.69) is 15.5 Å². The molecule has 4 aromatic rings. The van der Waals surface area contributed by atoms with E-state index in [-0.39, 0.29) is 18.2 Å². The summed E-state index contributed by atoms with van der Waals surface area (Å²) in [6.07, 6.45) is 5.23. The highest BCUT2D eigenvalue weighted by Gasteiger charge is 2.11. The van der Waals surface area contributed by atoms with Gasteiger partial charge in [0.1, 0.15) is 12.4 Å². The Morgan fingerprint density at radius 1 is 1.15 bits per heavy atom. The zero-order chi connectivity index (χ0) is 24.1. The van der Waals surface area contributed by atoms with Crippen LogP contribution in [0, 0.1) is 17.0 Å². The Balaban J connectivity index is 1.36. The number of hydrogen-bond acceptors (Lipinski definition) is 6. The van der Waals surface area contributed by atoms with Gasteiger partial charge in [-0.25, -0.2) is 0 Å². The fourth-order valence-corrected chi connectivity index (χ4v) is 3.48. The van der Waals surface area contributed by atoms with Gasteiger partial charge in [0.15, 0.2) is 0 Å². The van der Waals surface area contributed by atoms with Gasteiger partial charge in [0, 0.05) is 41.7 Å². The van der Waals surface area contributed by atoms with E-state index >= 15 is 0 Å². The maximum absolute atomic E-state index is 12.7. The van der Waals surface area contributed by atoms with Crippen molar-refractivity contribution >= 4 is 17.3 Å². The zero-order valence-corrected chi connectivity index (χ0v) is 18.8. The molecule has 1 amide bonds. The Hall–Kier alpha value is -4.47. The summed E-state index contributed by atoms with van der Waals surface area (Å²) < 4.78 is 9.37. The van der Waals surface area contributed by atoms with Crippen LogP contribution in [0.25, 0.3) is 0 Å². The Morgan fingerprint density at radius 2 is 1.94 bits per heavy atom. The molecular weight excluding hydrogens is 436 g/mol. The monoisotopic (exact) mass is 460 g/mol. The molecule has 0 bridgehead atoms. The van der Waals surface area contributed by atoms with Crippen LogP contribution in [0.15, 0.2) is 67.1 Å². The topological polar surface area (TPSA) is 117 Å². The molecular formula is C24H24N6O4. The minimum atomic E-state index is -0.462. The van der Waals surface area contributed by atoms with Crippen LogP contribution >= 0.6 is 0 Å². The van der Waals surface area contributed by atoms with Crippen molar-refractivity contribution in [2.75, 3.05) is 5.32 Å². The summed E-state index contributed by atoms with van der Waals surface area (Å²) in [5.41, 5.74) is 4.04. The standard InChI is InChI=1S/C24H24N6O4/c1-3-29-17(2)20(12-26-29)14-28-15-21(13-25-28)27-24(31)19-6-4-5-18(11-19)16-34-23-9-7-22(8-10-23)30(32)33/h4-13,15H,3,14,16H2,1-2H3,(H,27,31). The molecule has 0 saturated carbocycles. The third kappa shape index (κ3) is 5.29. The minimum Gasteiger partial charge on any atom is -0.489 e. The number of hydrogen-bond donors (Lipinski definition) is 1. The summed E-state index contributed by atoms with van der Waals surface area (Å²) in [4.78, 5) is 23.0. The Bertz CT molecular complexity index is 1310. The molecule has 0 spiro atoms. The number of rotatable bonds is 9. The van der Waals surface area contributed by atoms with Gasteiger partial charge in [0.25, 0.3) is 11.6 Å². The molecule has 2 aromatic carbocycles. The van der Waals surface area contributed by atoms with Gasteiger partial charge in [-0.3, -0.25) is 24.3 Å². The van der Waals surface area contributed by atoms with E-state index in [1.165, 1.54) is 12.1 Å². The summed E-state index contributed by atoms with van der Waals surface area (Å²) >= 11 is 0. The molecule has 1 N–H and O–H groups in total. The number of nitrogens with zero attached hydrogens (tertiary/aromatic N) is 5. The molecule has 0 fully saturated rings. The number of nitro benzene ring substituents is 1. The SMILES string of the molecule is CCn1ncc(Cn2cc(NC(=O)c3cccc(COc4ccc([N+](=O)[O-])cc4)c3)cn2)c1C. The molecule has 34 heavy (non-hydrogen) atoms. The summed E-state index contributed by atoms with van der Waals surface area (Å²) in [6, 6.07) is 12.9. The first kappa shape index (κ1) is 22.7. The highest BCUT2D eigenvalue weighted by Crippen LogP contribution is 2.19. The average molecular weight is 460 g/mol. The Labute approximate surface area is 195 Å². The van der Waals surface area contributed by atoms with Crippen molar-refractivity contribution in [3.8, 4) is 5.75 Å². The summed E-state index contributed by atoms with van der Waals surface area (Å²) in [6.45, 7) is 5.67. The van der Waals surface area contributed by atoms with Crippen molar-refractivity contribution in [3.05, 3.63) is 99.6 Å². The normalized spacial score (nSPS) is 10.8. The molecule has 0 aliphatic rings. The highest BCUT2D eigenvalue weighted by atomic mass is 16.6. The maximum atomic E-state index is 12.7. The third-order valence-electron chi connectivity index (χ3n) is 5.37. The van der Waals surface area contributed by atoms with Crippen molar-refractivity contribution in [2.24, 2.45) is 0 Å². The average Bonchev–Trinajstić information content (AvgIpc) is 3.44. The van der Waals surface area contributed by atoms with Crippen LogP contribution in [0.4, 0.5) is 11.4 Å². The predicted octanol–water partition coefficient (Wildman–Crippen LogP) is 4.20. The van der Waals surface area contributed by atoms with Crippen molar-refractivity contribution < 1.29 is 14.5 Å². The van der Waals surface area contributed by atoms with Crippen LogP contribution in [-0.4, -0.2) is 30.4 Å². The van der Waals surface area contributed by atoms with E-state index in [1.54, 1.807) is 47.4 Å². The van der Waals surface area contributed by atoms with Crippen LogP contribution in [-0.2, 0) is 19.7 Å². The van der Waals surface area contributed by atoms with Crippen molar-refractivity contribution in [1.29, 1.82) is 0 Å². The second-order valence-corrected chi connectivity index (χ2v) is 7.69. The molecule has 0 radical (unpaired) electrons. The first-order valence-corrected chi connectivity index (χ1v) is 10.7. The molecule has 10 nitrogen and oxygen atoms in total. The summed E-state index contributed by atoms with van der Waals surface area (Å²) in [5.74, 6) is 0.249. The summed E-state index contributed by atoms with van der Waals surface area (Å²) in [7, 11) is 0. The van der Waals surface area contributed by atoms with Crippen molar-refractivity contribution in [3.63, 3.8) is 0 Å². The molecule has 2 aromatic heterocycles. The van der Waals surface area contributed by atoms with Crippen LogP contribution in [0.1, 0.15) is 34.1 Å². The van der Waals surface area contributed by atoms with Gasteiger partial charge in [-0.2, -0.15) is 10.2 Å². The molecule has 0 aliphatic heterocycles. The van der Waals surface area contributed by atoms with Crippen LogP contribution < -0.4 is 10.1 Å². The predicted molar refractivity (Wildman–Crippen MR) is 126 cm³/mol. The lowest BCUT2D eigenvalue weighted by Gasteiger charge is -2.08. The molecule has 0 aliphatic carbocycles. The molecule has 2 heterocycles. The highest BCUT2D eigenvalue weighted by molar-refractivity contribution is 6.04. The fraction of sp³-hybridized carbons (Fsp3) is 0.208. The first-order valence-electron chi connectivity index (χ1n) is 10.7. The lowest BCUT2D eigenvalue weighted by molar-refractivity contribution is -0.384. The number of non-ortho nitro benzene ring substituents is 1. The van der Waals surface area contributed by atoms with Gasteiger partial charge >= 0.3 is 0 Å². The van der Waals surface area contributed by atoms with Gasteiger partial charge in [0.05, 0.1) is 29.5 Å². The van der Waals surface area contributed by atoms with Crippen LogP contribution in [0.5, 0.6) is 5.75 Å². The second-order valence-electron chi connectivity index (χ2n) is 7.69. The van der Waals surface area contributed by atoms with Gasteiger partial charge in [0.2, 0.25) is 0 Å². The molecule has 0 unspecified atom stereocenters. The zero-order valence-electron chi connectivity index (χ0n) is 18.8.